The molecule has 0 spiro atoms. The number of nitrogens with zero attached hydrogens (tertiary/aromatic N) is 1. The van der Waals surface area contributed by atoms with Gasteiger partial charge in [-0.3, -0.25) is 14.2 Å². The second-order valence-electron chi connectivity index (χ2n) is 10.4. The van der Waals surface area contributed by atoms with Crippen molar-refractivity contribution in [3.05, 3.63) is 75.7 Å². The van der Waals surface area contributed by atoms with Crippen LogP contribution in [0.25, 0.3) is 11.1 Å². The number of methoxy groups -OCH3 is 2. The predicted molar refractivity (Wildman–Crippen MR) is 155 cm³/mol. The van der Waals surface area contributed by atoms with E-state index in [1.807, 2.05) is 20.8 Å². The van der Waals surface area contributed by atoms with Gasteiger partial charge < -0.3 is 24.3 Å². The van der Waals surface area contributed by atoms with Gasteiger partial charge in [0.1, 0.15) is 17.5 Å². The Bertz CT molecular complexity index is 1500. The first-order valence-electron chi connectivity index (χ1n) is 13.0. The SMILES string of the molecule is COC(=O)c1ccc(NC(=O)C(CCOC(C)(C)C)n2cc(OC)c(-c3cc(Cl)ccc3OCC(F)(F)F)cc2=O)cc1. The number of alkyl halides is 3. The van der Waals surface area contributed by atoms with E-state index in [1.165, 1.54) is 62.9 Å². The summed E-state index contributed by atoms with van der Waals surface area (Å²) in [6.45, 7) is 4.09. The standard InChI is InChI=1S/C30H32ClF3N2O7/c1-29(2,3)43-13-12-23(27(38)35-20-9-6-18(7-10-20)28(39)41-5)36-16-25(40-4)22(15-26(36)37)21-14-19(31)8-11-24(21)42-17-30(32,33)34/h6-11,14-16,23H,12-13,17H2,1-5H3,(H,35,38). The highest BCUT2D eigenvalue weighted by molar-refractivity contribution is 6.31. The number of ether oxygens (including phenoxy) is 4. The fourth-order valence-electron chi connectivity index (χ4n) is 4.05. The lowest BCUT2D eigenvalue weighted by Crippen LogP contribution is -2.34. The topological polar surface area (TPSA) is 105 Å². The third-order valence-corrected chi connectivity index (χ3v) is 6.26. The average Bonchev–Trinajstić information content (AvgIpc) is 2.93. The summed E-state index contributed by atoms with van der Waals surface area (Å²) in [6.07, 6.45) is -3.21. The Morgan fingerprint density at radius 2 is 1.63 bits per heavy atom. The van der Waals surface area contributed by atoms with E-state index in [1.54, 1.807) is 0 Å². The molecule has 9 nitrogen and oxygen atoms in total. The molecule has 3 aromatic rings. The first kappa shape index (κ1) is 33.5. The number of aromatic nitrogens is 1. The minimum Gasteiger partial charge on any atom is -0.495 e. The number of pyridine rings is 1. The molecular formula is C30H32ClF3N2O7. The summed E-state index contributed by atoms with van der Waals surface area (Å²) in [4.78, 5) is 38.8. The molecule has 0 saturated carbocycles. The fourth-order valence-corrected chi connectivity index (χ4v) is 4.22. The van der Waals surface area contributed by atoms with E-state index in [9.17, 15) is 27.6 Å². The van der Waals surface area contributed by atoms with E-state index in [2.05, 4.69) is 10.1 Å². The van der Waals surface area contributed by atoms with Crippen molar-refractivity contribution in [3.63, 3.8) is 0 Å². The number of rotatable bonds is 11. The van der Waals surface area contributed by atoms with Crippen molar-refractivity contribution in [2.75, 3.05) is 32.8 Å². The first-order chi connectivity index (χ1) is 20.1. The Morgan fingerprint density at radius 1 is 0.977 bits per heavy atom. The monoisotopic (exact) mass is 624 g/mol. The molecule has 1 N–H and O–H groups in total. The second kappa shape index (κ2) is 14.0. The largest absolute Gasteiger partial charge is 0.495 e. The first-order valence-corrected chi connectivity index (χ1v) is 13.4. The van der Waals surface area contributed by atoms with Crippen molar-refractivity contribution in [2.24, 2.45) is 0 Å². The van der Waals surface area contributed by atoms with E-state index >= 15 is 0 Å². The maximum absolute atomic E-state index is 13.5. The summed E-state index contributed by atoms with van der Waals surface area (Å²) in [5, 5.41) is 2.93. The number of esters is 1. The molecule has 13 heteroatoms. The van der Waals surface area contributed by atoms with Crippen LogP contribution in [0.15, 0.2) is 59.5 Å². The number of benzene rings is 2. The van der Waals surface area contributed by atoms with Crippen molar-refractivity contribution < 1.29 is 41.7 Å². The van der Waals surface area contributed by atoms with Crippen LogP contribution >= 0.6 is 11.6 Å². The van der Waals surface area contributed by atoms with Crippen LogP contribution in [0, 0.1) is 0 Å². The molecule has 1 unspecified atom stereocenters. The Morgan fingerprint density at radius 3 is 2.21 bits per heavy atom. The number of amides is 1. The quantitative estimate of drug-likeness (QED) is 0.250. The van der Waals surface area contributed by atoms with Crippen LogP contribution in [0.2, 0.25) is 5.02 Å². The van der Waals surface area contributed by atoms with Crippen molar-refractivity contribution >= 4 is 29.2 Å². The summed E-state index contributed by atoms with van der Waals surface area (Å²) in [6, 6.07) is 10.0. The van der Waals surface area contributed by atoms with Crippen LogP contribution in [0.3, 0.4) is 0 Å². The maximum atomic E-state index is 13.5. The lowest BCUT2D eigenvalue weighted by Gasteiger charge is -2.24. The number of carbonyl (C=O) groups is 2. The van der Waals surface area contributed by atoms with Crippen LogP contribution < -0.4 is 20.3 Å². The minimum atomic E-state index is -4.60. The van der Waals surface area contributed by atoms with E-state index in [-0.39, 0.29) is 46.2 Å². The van der Waals surface area contributed by atoms with E-state index < -0.39 is 41.9 Å². The summed E-state index contributed by atoms with van der Waals surface area (Å²) in [7, 11) is 2.57. The Kier molecular flexibility index (Phi) is 10.9. The number of anilines is 1. The minimum absolute atomic E-state index is 0.0793. The zero-order valence-corrected chi connectivity index (χ0v) is 25.0. The number of carbonyl (C=O) groups excluding carboxylic acids is 2. The third-order valence-electron chi connectivity index (χ3n) is 6.03. The second-order valence-corrected chi connectivity index (χ2v) is 10.8. The summed E-state index contributed by atoms with van der Waals surface area (Å²) in [5.41, 5.74) is -0.299. The van der Waals surface area contributed by atoms with Gasteiger partial charge in [0.15, 0.2) is 6.61 Å². The highest BCUT2D eigenvalue weighted by atomic mass is 35.5. The van der Waals surface area contributed by atoms with Crippen LogP contribution in [-0.4, -0.2) is 55.7 Å². The summed E-state index contributed by atoms with van der Waals surface area (Å²) in [5.74, 6) is -1.19. The van der Waals surface area contributed by atoms with Crippen molar-refractivity contribution in [1.29, 1.82) is 0 Å². The molecule has 1 atom stereocenters. The van der Waals surface area contributed by atoms with E-state index in [4.69, 9.17) is 25.8 Å². The molecule has 0 aliphatic heterocycles. The number of hydrogen-bond acceptors (Lipinski definition) is 7. The van der Waals surface area contributed by atoms with Gasteiger partial charge in [0.25, 0.3) is 5.56 Å². The molecule has 0 bridgehead atoms. The molecule has 0 aliphatic carbocycles. The van der Waals surface area contributed by atoms with E-state index in [0.29, 0.717) is 5.69 Å². The number of hydrogen-bond donors (Lipinski definition) is 1. The van der Waals surface area contributed by atoms with Gasteiger partial charge in [0, 0.05) is 40.9 Å². The summed E-state index contributed by atoms with van der Waals surface area (Å²) < 4.78 is 60.8. The molecule has 232 valence electrons. The molecular weight excluding hydrogens is 593 g/mol. The molecule has 1 heterocycles. The number of nitrogens with one attached hydrogen (secondary N) is 1. The van der Waals surface area contributed by atoms with Gasteiger partial charge in [-0.15, -0.1) is 0 Å². The van der Waals surface area contributed by atoms with Crippen molar-refractivity contribution in [3.8, 4) is 22.6 Å². The molecule has 3 rings (SSSR count). The van der Waals surface area contributed by atoms with Crippen LogP contribution in [-0.2, 0) is 14.3 Å². The zero-order chi connectivity index (χ0) is 31.9. The maximum Gasteiger partial charge on any atom is 0.422 e. The molecule has 1 amide bonds. The van der Waals surface area contributed by atoms with Gasteiger partial charge in [0.05, 0.1) is 31.6 Å². The highest BCUT2D eigenvalue weighted by Gasteiger charge is 2.30. The predicted octanol–water partition coefficient (Wildman–Crippen LogP) is 6.29. The lowest BCUT2D eigenvalue weighted by atomic mass is 10.0. The number of halogens is 4. The Balaban J connectivity index is 2.02. The van der Waals surface area contributed by atoms with Gasteiger partial charge in [-0.25, -0.2) is 4.79 Å². The van der Waals surface area contributed by atoms with Gasteiger partial charge in [-0.2, -0.15) is 13.2 Å². The average molecular weight is 625 g/mol. The Hall–Kier alpha value is -4.03. The summed E-state index contributed by atoms with van der Waals surface area (Å²) >= 11 is 6.13. The van der Waals surface area contributed by atoms with Gasteiger partial charge >= 0.3 is 12.1 Å². The molecule has 43 heavy (non-hydrogen) atoms. The van der Waals surface area contributed by atoms with Gasteiger partial charge in [0.2, 0.25) is 5.91 Å². The molecule has 0 fully saturated rings. The molecule has 2 aromatic carbocycles. The fraction of sp³-hybridized carbons (Fsp3) is 0.367. The van der Waals surface area contributed by atoms with Crippen LogP contribution in [0.1, 0.15) is 43.6 Å². The molecule has 0 saturated heterocycles. The highest BCUT2D eigenvalue weighted by Crippen LogP contribution is 2.38. The van der Waals surface area contributed by atoms with E-state index in [0.717, 1.165) is 10.6 Å². The molecule has 1 aromatic heterocycles. The van der Waals surface area contributed by atoms with Crippen LogP contribution in [0.5, 0.6) is 11.5 Å². The van der Waals surface area contributed by atoms with Crippen molar-refractivity contribution in [2.45, 2.75) is 45.0 Å². The normalized spacial score (nSPS) is 12.4. The zero-order valence-electron chi connectivity index (χ0n) is 24.2. The lowest BCUT2D eigenvalue weighted by molar-refractivity contribution is -0.153. The van der Waals surface area contributed by atoms with Gasteiger partial charge in [-0.1, -0.05) is 11.6 Å². The smallest absolute Gasteiger partial charge is 0.422 e. The third kappa shape index (κ3) is 9.48. The van der Waals surface area contributed by atoms with Crippen LogP contribution in [0.4, 0.5) is 18.9 Å². The Labute approximate surface area is 251 Å². The van der Waals surface area contributed by atoms with Crippen molar-refractivity contribution in [1.82, 2.24) is 4.57 Å². The molecule has 0 aliphatic rings. The molecule has 0 radical (unpaired) electrons. The van der Waals surface area contributed by atoms with Gasteiger partial charge in [-0.05, 0) is 63.2 Å².